The molecule has 0 heterocycles. The summed E-state index contributed by atoms with van der Waals surface area (Å²) in [5, 5.41) is 3.31. The number of benzene rings is 3. The van der Waals surface area contributed by atoms with E-state index >= 15 is 0 Å². The Labute approximate surface area is 187 Å². The number of amides is 1. The summed E-state index contributed by atoms with van der Waals surface area (Å²) in [6, 6.07) is 20.6. The van der Waals surface area contributed by atoms with Crippen molar-refractivity contribution in [1.82, 2.24) is 4.31 Å². The Morgan fingerprint density at radius 1 is 1.00 bits per heavy atom. The fourth-order valence-corrected chi connectivity index (χ4v) is 4.22. The van der Waals surface area contributed by atoms with Gasteiger partial charge in [-0.25, -0.2) is 8.42 Å². The minimum Gasteiger partial charge on any atom is -0.484 e. The van der Waals surface area contributed by atoms with Crippen LogP contribution in [0, 0.1) is 6.92 Å². The fourth-order valence-electron chi connectivity index (χ4n) is 2.89. The molecule has 0 saturated carbocycles. The highest BCUT2D eigenvalue weighted by Crippen LogP contribution is 2.23. The van der Waals surface area contributed by atoms with Gasteiger partial charge in [-0.2, -0.15) is 4.31 Å². The van der Waals surface area contributed by atoms with Crippen molar-refractivity contribution in [1.29, 1.82) is 0 Å². The number of nitrogens with zero attached hydrogens (tertiary/aromatic N) is 1. The molecule has 0 saturated heterocycles. The molecule has 1 amide bonds. The standard InChI is InChI=1S/C23H23ClN2O4S/c1-17-21(24)9-6-10-22(17)25-23(27)16-30-19-11-13-20(14-12-19)31(28,29)26(2)15-18-7-4-3-5-8-18/h3-14H,15-16H2,1-2H3,(H,25,27). The smallest absolute Gasteiger partial charge is 0.262 e. The van der Waals surface area contributed by atoms with E-state index in [1.165, 1.54) is 35.6 Å². The van der Waals surface area contributed by atoms with E-state index in [4.69, 9.17) is 16.3 Å². The first-order valence-corrected chi connectivity index (χ1v) is 11.4. The van der Waals surface area contributed by atoms with E-state index in [1.807, 2.05) is 37.3 Å². The lowest BCUT2D eigenvalue weighted by Gasteiger charge is -2.17. The maximum absolute atomic E-state index is 12.8. The van der Waals surface area contributed by atoms with Crippen LogP contribution >= 0.6 is 11.6 Å². The van der Waals surface area contributed by atoms with Crippen molar-refractivity contribution in [2.45, 2.75) is 18.4 Å². The normalized spacial score (nSPS) is 11.4. The van der Waals surface area contributed by atoms with Crippen LogP contribution in [0.5, 0.6) is 5.75 Å². The van der Waals surface area contributed by atoms with Crippen molar-refractivity contribution >= 4 is 33.2 Å². The predicted octanol–water partition coefficient (Wildman–Crippen LogP) is 4.49. The highest BCUT2D eigenvalue weighted by Gasteiger charge is 2.21. The average molecular weight is 459 g/mol. The van der Waals surface area contributed by atoms with E-state index in [0.717, 1.165) is 11.1 Å². The summed E-state index contributed by atoms with van der Waals surface area (Å²) in [5.74, 6) is 0.0484. The summed E-state index contributed by atoms with van der Waals surface area (Å²) in [4.78, 5) is 12.3. The lowest BCUT2D eigenvalue weighted by molar-refractivity contribution is -0.118. The lowest BCUT2D eigenvalue weighted by Crippen LogP contribution is -2.26. The van der Waals surface area contributed by atoms with Gasteiger partial charge in [-0.1, -0.05) is 48.0 Å². The molecular formula is C23H23ClN2O4S. The summed E-state index contributed by atoms with van der Waals surface area (Å²) in [5.41, 5.74) is 2.28. The highest BCUT2D eigenvalue weighted by atomic mass is 35.5. The first kappa shape index (κ1) is 22.8. The van der Waals surface area contributed by atoms with E-state index in [9.17, 15) is 13.2 Å². The van der Waals surface area contributed by atoms with Crippen LogP contribution in [-0.4, -0.2) is 32.3 Å². The molecule has 162 valence electrons. The second kappa shape index (κ2) is 9.96. The average Bonchev–Trinajstić information content (AvgIpc) is 2.76. The first-order chi connectivity index (χ1) is 14.8. The molecule has 3 rings (SSSR count). The van der Waals surface area contributed by atoms with Gasteiger partial charge in [-0.15, -0.1) is 0 Å². The SMILES string of the molecule is Cc1c(Cl)cccc1NC(=O)COc1ccc(S(=O)(=O)N(C)Cc2ccccc2)cc1. The number of carbonyl (C=O) groups is 1. The molecule has 31 heavy (non-hydrogen) atoms. The van der Waals surface area contributed by atoms with Crippen LogP contribution in [0.15, 0.2) is 77.7 Å². The maximum atomic E-state index is 12.8. The van der Waals surface area contributed by atoms with E-state index in [-0.39, 0.29) is 24.0 Å². The number of rotatable bonds is 8. The van der Waals surface area contributed by atoms with Gasteiger partial charge in [0.25, 0.3) is 5.91 Å². The van der Waals surface area contributed by atoms with Gasteiger partial charge in [0.1, 0.15) is 5.75 Å². The molecule has 8 heteroatoms. The Morgan fingerprint density at radius 3 is 2.35 bits per heavy atom. The minimum atomic E-state index is -3.65. The number of sulfonamides is 1. The Kier molecular flexibility index (Phi) is 7.33. The maximum Gasteiger partial charge on any atom is 0.262 e. The van der Waals surface area contributed by atoms with E-state index in [1.54, 1.807) is 18.2 Å². The fraction of sp³-hybridized carbons (Fsp3) is 0.174. The van der Waals surface area contributed by atoms with Gasteiger partial charge in [0.05, 0.1) is 4.90 Å². The summed E-state index contributed by atoms with van der Waals surface area (Å²) in [7, 11) is -2.11. The Morgan fingerprint density at radius 2 is 1.68 bits per heavy atom. The molecule has 0 fully saturated rings. The Hall–Kier alpha value is -2.87. The van der Waals surface area contributed by atoms with Crippen LogP contribution < -0.4 is 10.1 Å². The highest BCUT2D eigenvalue weighted by molar-refractivity contribution is 7.89. The lowest BCUT2D eigenvalue weighted by atomic mass is 10.2. The number of carbonyl (C=O) groups excluding carboxylic acids is 1. The van der Waals surface area contributed by atoms with Crippen molar-refractivity contribution in [2.24, 2.45) is 0 Å². The van der Waals surface area contributed by atoms with E-state index < -0.39 is 10.0 Å². The zero-order chi connectivity index (χ0) is 22.4. The summed E-state index contributed by atoms with van der Waals surface area (Å²) < 4.78 is 32.3. The molecule has 0 radical (unpaired) electrons. The van der Waals surface area contributed by atoms with Crippen LogP contribution in [0.3, 0.4) is 0 Å². The van der Waals surface area contributed by atoms with Crippen LogP contribution in [0.2, 0.25) is 5.02 Å². The van der Waals surface area contributed by atoms with Crippen molar-refractivity contribution in [3.63, 3.8) is 0 Å². The van der Waals surface area contributed by atoms with Crippen LogP contribution in [-0.2, 0) is 21.4 Å². The van der Waals surface area contributed by atoms with Crippen LogP contribution in [0.1, 0.15) is 11.1 Å². The first-order valence-electron chi connectivity index (χ1n) is 9.55. The third kappa shape index (κ3) is 5.85. The second-order valence-electron chi connectivity index (χ2n) is 6.97. The van der Waals surface area contributed by atoms with Gasteiger partial charge in [0.2, 0.25) is 10.0 Å². The van der Waals surface area contributed by atoms with Gasteiger partial charge in [0.15, 0.2) is 6.61 Å². The zero-order valence-corrected chi connectivity index (χ0v) is 18.8. The third-order valence-corrected chi connectivity index (χ3v) is 6.92. The topological polar surface area (TPSA) is 75.7 Å². The zero-order valence-electron chi connectivity index (χ0n) is 17.2. The summed E-state index contributed by atoms with van der Waals surface area (Å²) in [6.45, 7) is 1.86. The molecule has 0 spiro atoms. The van der Waals surface area contributed by atoms with Crippen molar-refractivity contribution in [3.8, 4) is 5.75 Å². The third-order valence-electron chi connectivity index (χ3n) is 4.69. The minimum absolute atomic E-state index is 0.150. The van der Waals surface area contributed by atoms with Crippen LogP contribution in [0.4, 0.5) is 5.69 Å². The van der Waals surface area contributed by atoms with E-state index in [2.05, 4.69) is 5.32 Å². The van der Waals surface area contributed by atoms with Gasteiger partial charge in [-0.3, -0.25) is 4.79 Å². The number of halogens is 1. The summed E-state index contributed by atoms with van der Waals surface area (Å²) in [6.07, 6.45) is 0. The molecule has 0 bridgehead atoms. The number of anilines is 1. The molecule has 1 N–H and O–H groups in total. The van der Waals surface area contributed by atoms with Gasteiger partial charge in [-0.05, 0) is 54.4 Å². The van der Waals surface area contributed by atoms with Gasteiger partial charge >= 0.3 is 0 Å². The summed E-state index contributed by atoms with van der Waals surface area (Å²) >= 11 is 6.05. The van der Waals surface area contributed by atoms with Gasteiger partial charge < -0.3 is 10.1 Å². The van der Waals surface area contributed by atoms with Gasteiger partial charge in [0, 0.05) is 24.3 Å². The molecule has 3 aromatic carbocycles. The van der Waals surface area contributed by atoms with Crippen molar-refractivity contribution < 1.29 is 17.9 Å². The van der Waals surface area contributed by atoms with Crippen molar-refractivity contribution in [3.05, 3.63) is 88.9 Å². The molecular weight excluding hydrogens is 436 g/mol. The molecule has 0 aliphatic rings. The molecule has 3 aromatic rings. The van der Waals surface area contributed by atoms with Crippen LogP contribution in [0.25, 0.3) is 0 Å². The molecule has 6 nitrogen and oxygen atoms in total. The number of nitrogens with one attached hydrogen (secondary N) is 1. The molecule has 0 atom stereocenters. The molecule has 0 aliphatic heterocycles. The Balaban J connectivity index is 1.59. The number of hydrogen-bond donors (Lipinski definition) is 1. The molecule has 0 aromatic heterocycles. The van der Waals surface area contributed by atoms with E-state index in [0.29, 0.717) is 16.5 Å². The second-order valence-corrected chi connectivity index (χ2v) is 9.42. The number of ether oxygens (including phenoxy) is 1. The molecule has 0 aliphatic carbocycles. The Bertz CT molecular complexity index is 1150. The predicted molar refractivity (Wildman–Crippen MR) is 122 cm³/mol. The molecule has 0 unspecified atom stereocenters. The largest absolute Gasteiger partial charge is 0.484 e. The quantitative estimate of drug-likeness (QED) is 0.539. The van der Waals surface area contributed by atoms with Crippen molar-refractivity contribution in [2.75, 3.05) is 19.0 Å². The monoisotopic (exact) mass is 458 g/mol. The number of hydrogen-bond acceptors (Lipinski definition) is 4.